The summed E-state index contributed by atoms with van der Waals surface area (Å²) in [6.07, 6.45) is 9.68. The van der Waals surface area contributed by atoms with Crippen molar-refractivity contribution in [2.24, 2.45) is 11.7 Å². The van der Waals surface area contributed by atoms with Gasteiger partial charge in [-0.25, -0.2) is 9.59 Å². The molecule has 1 aliphatic carbocycles. The highest BCUT2D eigenvalue weighted by Gasteiger charge is 2.30. The Morgan fingerprint density at radius 2 is 1.58 bits per heavy atom. The molecule has 1 saturated heterocycles. The number of nitrogen functional groups attached to an aromatic ring is 1. The second kappa shape index (κ2) is 21.9. The lowest BCUT2D eigenvalue weighted by Crippen LogP contribution is -2.46. The lowest BCUT2D eigenvalue weighted by atomic mass is 9.94. The Labute approximate surface area is 348 Å². The molecule has 0 unspecified atom stereocenters. The number of carboxylic acid groups (broad SMARTS) is 1. The topological polar surface area (TPSA) is 249 Å². The number of aromatic nitrogens is 5. The molecular weight excluding hydrogens is 761 g/mol. The third-order valence-electron chi connectivity index (χ3n) is 10.2. The van der Waals surface area contributed by atoms with Crippen LogP contribution in [0.15, 0.2) is 12.3 Å². The summed E-state index contributed by atoms with van der Waals surface area (Å²) in [6, 6.07) is 0.922. The number of ether oxygens (including phenoxy) is 2. The van der Waals surface area contributed by atoms with E-state index in [2.05, 4.69) is 35.8 Å². The summed E-state index contributed by atoms with van der Waals surface area (Å²) in [4.78, 5) is 64.7. The molecule has 1 atom stereocenters. The van der Waals surface area contributed by atoms with Gasteiger partial charge in [-0.05, 0) is 92.9 Å². The Morgan fingerprint density at radius 1 is 0.915 bits per heavy atom. The van der Waals surface area contributed by atoms with Crippen LogP contribution in [-0.4, -0.2) is 126 Å². The molecule has 2 aliphatic rings. The maximum Gasteiger partial charge on any atom is 0.410 e. The number of aryl methyl sites for hydroxylation is 1. The fraction of sp³-hybridized carbons (Fsp3) is 0.750. The smallest absolute Gasteiger partial charge is 0.410 e. The summed E-state index contributed by atoms with van der Waals surface area (Å²) >= 11 is 0. The molecule has 0 aromatic carbocycles. The van der Waals surface area contributed by atoms with Gasteiger partial charge in [0.2, 0.25) is 11.9 Å². The van der Waals surface area contributed by atoms with Gasteiger partial charge in [0.25, 0.3) is 0 Å². The number of carbonyl (C=O) groups is 4. The number of anilines is 3. The van der Waals surface area contributed by atoms with E-state index in [1.807, 2.05) is 52.6 Å². The Morgan fingerprint density at radius 3 is 2.24 bits per heavy atom. The second-order valence-corrected chi connectivity index (χ2v) is 17.6. The third-order valence-corrected chi connectivity index (χ3v) is 10.2. The Kier molecular flexibility index (Phi) is 17.3. The van der Waals surface area contributed by atoms with E-state index in [1.54, 1.807) is 15.6 Å². The number of amides is 3. The fourth-order valence-corrected chi connectivity index (χ4v) is 7.18. The fourth-order valence-electron chi connectivity index (χ4n) is 7.18. The Balaban J connectivity index is 1.25. The molecule has 19 heteroatoms. The van der Waals surface area contributed by atoms with Gasteiger partial charge in [-0.1, -0.05) is 24.5 Å². The van der Waals surface area contributed by atoms with Gasteiger partial charge in [-0.3, -0.25) is 14.3 Å². The molecule has 3 amide bonds. The van der Waals surface area contributed by atoms with Crippen LogP contribution in [0.4, 0.5) is 27.2 Å². The number of rotatable bonds is 19. The molecule has 0 spiro atoms. The van der Waals surface area contributed by atoms with Gasteiger partial charge >= 0.3 is 18.2 Å². The summed E-state index contributed by atoms with van der Waals surface area (Å²) in [5.74, 6) is 0.0757. The summed E-state index contributed by atoms with van der Waals surface area (Å²) in [6.45, 7) is 15.0. The number of carbonyl (C=O) groups excluding carboxylic acids is 3. The minimum Gasteiger partial charge on any atom is -0.480 e. The normalized spacial score (nSPS) is 15.9. The SMILES string of the molecule is CC(C)(C)OC(=O)N(CCCN(C(=O)OC(C)(C)C)C1CCCCC1)CCCn1cc(CNc2nc(N)cc(N3CCC(C(=O)NCCC[C@H](N)C(=O)O)CC3)n2)nn1. The summed E-state index contributed by atoms with van der Waals surface area (Å²) in [7, 11) is 0. The van der Waals surface area contributed by atoms with Crippen molar-refractivity contribution < 1.29 is 33.8 Å². The number of piperidine rings is 1. The van der Waals surface area contributed by atoms with E-state index in [9.17, 15) is 19.2 Å². The molecule has 1 aliphatic heterocycles. The molecule has 2 aromatic rings. The van der Waals surface area contributed by atoms with Crippen molar-refractivity contribution in [3.63, 3.8) is 0 Å². The standard InChI is InChI=1S/C40H68N12O7/c1-39(2,3)58-37(56)50(20-12-22-52(30-13-8-7-9-14-30)38(57)59-40(4,5)6)19-11-21-51-27-29(47-48-51)26-44-36-45-32(42)25-33(46-36)49-23-16-28(17-24-49)34(53)43-18-10-15-31(41)35(54)55/h25,27-28,30-31H,7-24,26,41H2,1-6H3,(H,43,53)(H,54,55)(H3,42,44,45,46)/t31-/m0/s1. The van der Waals surface area contributed by atoms with Crippen LogP contribution < -0.4 is 27.0 Å². The Hall–Kier alpha value is -4.94. The predicted molar refractivity (Wildman–Crippen MR) is 223 cm³/mol. The molecule has 2 aromatic heterocycles. The molecule has 2 fully saturated rings. The van der Waals surface area contributed by atoms with Crippen LogP contribution in [0.1, 0.15) is 118 Å². The average molecular weight is 829 g/mol. The van der Waals surface area contributed by atoms with Crippen LogP contribution in [0.25, 0.3) is 0 Å². The number of hydrogen-bond acceptors (Lipinski definition) is 14. The van der Waals surface area contributed by atoms with Crippen molar-refractivity contribution in [1.82, 2.24) is 40.1 Å². The maximum absolute atomic E-state index is 13.3. The van der Waals surface area contributed by atoms with Gasteiger partial charge in [-0.2, -0.15) is 9.97 Å². The van der Waals surface area contributed by atoms with Crippen molar-refractivity contribution in [2.75, 3.05) is 55.2 Å². The molecule has 3 heterocycles. The quantitative estimate of drug-likeness (QED) is 0.123. The molecule has 7 N–H and O–H groups in total. The first kappa shape index (κ1) is 46.7. The van der Waals surface area contributed by atoms with E-state index in [4.69, 9.17) is 26.0 Å². The van der Waals surface area contributed by atoms with E-state index in [-0.39, 0.29) is 24.0 Å². The number of carboxylic acids is 1. The molecule has 1 saturated carbocycles. The number of nitrogens with two attached hydrogens (primary N) is 2. The largest absolute Gasteiger partial charge is 0.480 e. The zero-order valence-corrected chi connectivity index (χ0v) is 36.0. The highest BCUT2D eigenvalue weighted by Crippen LogP contribution is 2.26. The lowest BCUT2D eigenvalue weighted by molar-refractivity contribution is -0.138. The van der Waals surface area contributed by atoms with Crippen molar-refractivity contribution >= 4 is 41.6 Å². The van der Waals surface area contributed by atoms with Crippen LogP contribution in [0.2, 0.25) is 0 Å². The molecule has 19 nitrogen and oxygen atoms in total. The van der Waals surface area contributed by atoms with Gasteiger partial charge < -0.3 is 51.4 Å². The molecule has 59 heavy (non-hydrogen) atoms. The van der Waals surface area contributed by atoms with E-state index < -0.39 is 29.3 Å². The van der Waals surface area contributed by atoms with Crippen molar-refractivity contribution in [3.8, 4) is 0 Å². The van der Waals surface area contributed by atoms with Crippen LogP contribution in [0.5, 0.6) is 0 Å². The zero-order valence-electron chi connectivity index (χ0n) is 36.0. The maximum atomic E-state index is 13.3. The van der Waals surface area contributed by atoms with E-state index in [0.29, 0.717) is 114 Å². The van der Waals surface area contributed by atoms with Gasteiger partial charge in [0.1, 0.15) is 34.6 Å². The summed E-state index contributed by atoms with van der Waals surface area (Å²) < 4.78 is 13.2. The van der Waals surface area contributed by atoms with Gasteiger partial charge in [-0.15, -0.1) is 5.10 Å². The molecule has 0 radical (unpaired) electrons. The number of hydrogen-bond donors (Lipinski definition) is 5. The monoisotopic (exact) mass is 829 g/mol. The first-order chi connectivity index (χ1) is 27.9. The highest BCUT2D eigenvalue weighted by molar-refractivity contribution is 5.79. The highest BCUT2D eigenvalue weighted by atomic mass is 16.6. The first-order valence-electron chi connectivity index (χ1n) is 21.1. The average Bonchev–Trinajstić information content (AvgIpc) is 3.62. The molecule has 0 bridgehead atoms. The number of nitrogens with one attached hydrogen (secondary N) is 2. The molecular formula is C40H68N12O7. The lowest BCUT2D eigenvalue weighted by Gasteiger charge is -2.36. The van der Waals surface area contributed by atoms with Crippen LogP contribution >= 0.6 is 0 Å². The second-order valence-electron chi connectivity index (χ2n) is 17.6. The number of aliphatic carboxylic acids is 1. The Bertz CT molecular complexity index is 1660. The molecule has 330 valence electrons. The van der Waals surface area contributed by atoms with Crippen LogP contribution in [0, 0.1) is 5.92 Å². The summed E-state index contributed by atoms with van der Waals surface area (Å²) in [5.41, 5.74) is 11.1. The third kappa shape index (κ3) is 16.3. The van der Waals surface area contributed by atoms with Gasteiger partial charge in [0.15, 0.2) is 0 Å². The van der Waals surface area contributed by atoms with Crippen molar-refractivity contribution in [1.29, 1.82) is 0 Å². The zero-order chi connectivity index (χ0) is 43.2. The first-order valence-corrected chi connectivity index (χ1v) is 21.1. The molecule has 4 rings (SSSR count). The van der Waals surface area contributed by atoms with Gasteiger partial charge in [0.05, 0.1) is 12.7 Å². The summed E-state index contributed by atoms with van der Waals surface area (Å²) in [5, 5.41) is 23.6. The minimum atomic E-state index is -1.04. The van der Waals surface area contributed by atoms with E-state index >= 15 is 0 Å². The van der Waals surface area contributed by atoms with E-state index in [0.717, 1.165) is 25.7 Å². The number of nitrogens with zero attached hydrogens (tertiary/aromatic N) is 8. The minimum absolute atomic E-state index is 0.0419. The predicted octanol–water partition coefficient (Wildman–Crippen LogP) is 4.37. The van der Waals surface area contributed by atoms with Gasteiger partial charge in [0, 0.05) is 63.8 Å². The van der Waals surface area contributed by atoms with Crippen molar-refractivity contribution in [3.05, 3.63) is 18.0 Å². The van der Waals surface area contributed by atoms with Crippen molar-refractivity contribution in [2.45, 2.75) is 149 Å². The van der Waals surface area contributed by atoms with E-state index in [1.165, 1.54) is 6.42 Å². The van der Waals surface area contributed by atoms with Crippen LogP contribution in [-0.2, 0) is 32.2 Å². The van der Waals surface area contributed by atoms with Crippen LogP contribution in [0.3, 0.4) is 0 Å².